The predicted octanol–water partition coefficient (Wildman–Crippen LogP) is 6.18. The fourth-order valence-electron chi connectivity index (χ4n) is 9.60. The molecule has 74 heavy (non-hydrogen) atoms. The summed E-state index contributed by atoms with van der Waals surface area (Å²) in [5, 5.41) is 45.6. The Morgan fingerprint density at radius 3 is 1.61 bits per heavy atom. The van der Waals surface area contributed by atoms with Gasteiger partial charge in [0.2, 0.25) is 5.88 Å². The molecule has 0 spiro atoms. The zero-order chi connectivity index (χ0) is 51.9. The van der Waals surface area contributed by atoms with Gasteiger partial charge in [0.15, 0.2) is 34.0 Å². The van der Waals surface area contributed by atoms with Gasteiger partial charge in [0.05, 0.1) is 54.3 Å². The van der Waals surface area contributed by atoms with Crippen LogP contribution in [0.3, 0.4) is 0 Å². The van der Waals surface area contributed by atoms with Crippen molar-refractivity contribution in [1.82, 2.24) is 68.2 Å². The average molecular weight is 1070 g/mol. The van der Waals surface area contributed by atoms with Gasteiger partial charge >= 0.3 is 29.6 Å². The Labute approximate surface area is 461 Å². The third kappa shape index (κ3) is 13.8. The average Bonchev–Trinajstić information content (AvgIpc) is 4.24. The van der Waals surface area contributed by atoms with Gasteiger partial charge in [-0.2, -0.15) is 10.5 Å². The van der Waals surface area contributed by atoms with Crippen LogP contribution >= 0.6 is 11.6 Å². The minimum Gasteiger partial charge on any atom is -1.00 e. The number of halogens is 1. The number of aliphatic hydroxyl groups is 1. The molecular formula is C50H66ClN16NaO4Si2. The van der Waals surface area contributed by atoms with E-state index in [1.165, 1.54) is 24.8 Å². The molecule has 0 saturated heterocycles. The first-order chi connectivity index (χ1) is 35.1. The Kier molecular flexibility index (Phi) is 19.1. The largest absolute Gasteiger partial charge is 1.00 e. The number of nitriles is 2. The topological polar surface area (TPSA) is 243 Å². The number of rotatable bonds is 16. The van der Waals surface area contributed by atoms with Crippen molar-refractivity contribution in [3.05, 3.63) is 89.9 Å². The van der Waals surface area contributed by atoms with Crippen LogP contribution in [0, 0.1) is 34.5 Å². The van der Waals surface area contributed by atoms with E-state index < -0.39 is 16.1 Å². The second-order valence-corrected chi connectivity index (χ2v) is 32.9. The van der Waals surface area contributed by atoms with Gasteiger partial charge in [0.1, 0.15) is 48.5 Å². The molecule has 20 nitrogen and oxygen atoms in total. The minimum absolute atomic E-state index is 0. The van der Waals surface area contributed by atoms with Crippen LogP contribution in [-0.4, -0.2) is 115 Å². The number of fused-ring (bicyclic) bond motifs is 6. The Morgan fingerprint density at radius 1 is 0.649 bits per heavy atom. The van der Waals surface area contributed by atoms with E-state index in [0.29, 0.717) is 36.3 Å². The van der Waals surface area contributed by atoms with Crippen molar-refractivity contribution in [3.63, 3.8) is 0 Å². The van der Waals surface area contributed by atoms with Gasteiger partial charge in [0, 0.05) is 53.6 Å². The molecule has 8 aromatic rings. The van der Waals surface area contributed by atoms with E-state index in [9.17, 15) is 5.11 Å². The maximum atomic E-state index is 10.2. The van der Waals surface area contributed by atoms with E-state index in [2.05, 4.69) is 124 Å². The van der Waals surface area contributed by atoms with Crippen molar-refractivity contribution in [1.29, 1.82) is 10.5 Å². The monoisotopic (exact) mass is 1070 g/mol. The molecule has 0 aliphatic heterocycles. The second-order valence-electron chi connectivity index (χ2n) is 21.3. The van der Waals surface area contributed by atoms with Crippen molar-refractivity contribution >= 4 is 61.4 Å². The second kappa shape index (κ2) is 25.0. The number of ether oxygens (including phenoxy) is 3. The van der Waals surface area contributed by atoms with E-state index in [4.69, 9.17) is 36.3 Å². The first-order valence-electron chi connectivity index (χ1n) is 25.0. The van der Waals surface area contributed by atoms with Crippen molar-refractivity contribution < 1.29 is 50.3 Å². The molecule has 0 bridgehead atoms. The summed E-state index contributed by atoms with van der Waals surface area (Å²) in [6.07, 6.45) is 18.3. The maximum Gasteiger partial charge on any atom is 1.00 e. The van der Waals surface area contributed by atoms with Gasteiger partial charge in [-0.1, -0.05) is 77.6 Å². The molecule has 0 radical (unpaired) electrons. The van der Waals surface area contributed by atoms with Crippen LogP contribution in [0.25, 0.3) is 33.6 Å². The molecule has 2 saturated carbocycles. The molecule has 386 valence electrons. The molecule has 2 aliphatic rings. The van der Waals surface area contributed by atoms with Gasteiger partial charge in [0.25, 0.3) is 0 Å². The summed E-state index contributed by atoms with van der Waals surface area (Å²) in [5.74, 6) is 3.61. The summed E-state index contributed by atoms with van der Waals surface area (Å²) < 4.78 is 26.4. The minimum atomic E-state index is -1.13. The number of hydrogen-bond donors (Lipinski definition) is 1. The normalized spacial score (nSPS) is 19.7. The van der Waals surface area contributed by atoms with Gasteiger partial charge < -0.3 is 29.9 Å². The molecule has 2 aliphatic carbocycles. The number of aliphatic hydroxyl groups excluding tert-OH is 1. The Hall–Kier alpha value is -5.28. The fourth-order valence-corrected chi connectivity index (χ4v) is 11.2. The molecule has 8 heterocycles. The zero-order valence-electron chi connectivity index (χ0n) is 44.9. The fraction of sp³-hybridized carbons (Fsp3) is 0.520. The standard InChI is InChI=1S/C25H32N8O2Si.C20H31N5O2Si.C5H2ClN3.Na.H/c1-5-17-10-19(35-23-15-27-18(12-26)13-28-23)11-20(17)24-31-30-22-14-29-25-21(33(22)24)6-7-32(25)16-34-8-9-36(2,3)4;1-5-14-10-15(26)11-16(14)19-23-22-18-12-21-20-17(25(18)19)6-7-24(20)13-27-8-9-28(2,3)4;6-5-3-8-4(1-7)2-9-5;;/h6-7,13-15,17,19-20H,5,8-11,16H2,1-4H3;6-7,12,14-16,26H,5,8-11,13H2,1-4H3;2-3H;;/q;;;+1;-1. The van der Waals surface area contributed by atoms with E-state index in [1.54, 1.807) is 12.4 Å². The van der Waals surface area contributed by atoms with Crippen LogP contribution in [-0.2, 0) is 22.9 Å². The maximum absolute atomic E-state index is 10.2. The molecule has 0 amide bonds. The van der Waals surface area contributed by atoms with Crippen molar-refractivity contribution in [3.8, 4) is 18.0 Å². The Balaban J connectivity index is 0.000000208. The van der Waals surface area contributed by atoms with Crippen LogP contribution in [0.5, 0.6) is 5.88 Å². The molecule has 10 rings (SSSR count). The van der Waals surface area contributed by atoms with Crippen LogP contribution < -0.4 is 34.3 Å². The van der Waals surface area contributed by atoms with Crippen LogP contribution in [0.4, 0.5) is 0 Å². The van der Waals surface area contributed by atoms with E-state index in [1.807, 2.05) is 33.7 Å². The molecule has 6 atom stereocenters. The summed E-state index contributed by atoms with van der Waals surface area (Å²) in [4.78, 5) is 24.8. The zero-order valence-corrected chi connectivity index (χ0v) is 48.7. The predicted molar refractivity (Wildman–Crippen MR) is 282 cm³/mol. The molecule has 6 unspecified atom stereocenters. The number of aromatic nitrogens is 14. The van der Waals surface area contributed by atoms with Crippen molar-refractivity contribution in [2.75, 3.05) is 13.2 Å². The van der Waals surface area contributed by atoms with E-state index in [0.717, 1.165) is 109 Å². The van der Waals surface area contributed by atoms with Gasteiger partial charge in [-0.25, -0.2) is 29.9 Å². The summed E-state index contributed by atoms with van der Waals surface area (Å²) in [7, 11) is -2.22. The molecule has 24 heteroatoms. The first kappa shape index (κ1) is 56.5. The van der Waals surface area contributed by atoms with Crippen LogP contribution in [0.1, 0.15) is 88.7 Å². The summed E-state index contributed by atoms with van der Waals surface area (Å²) in [6, 6.07) is 10.2. The SMILES string of the molecule is CCC1CC(O)CC1c1nnc2cnc3c(ccn3COCC[Si](C)(C)C)n12.CCC1CC(Oc2cnc(C#N)cn2)CC1c1nnc2cnc3c(ccn3COCC[Si](C)(C)C)n12.N#Cc1cnc(Cl)cn1.[H-].[Na+]. The molecule has 0 aromatic carbocycles. The van der Waals surface area contributed by atoms with E-state index in [-0.39, 0.29) is 66.4 Å². The van der Waals surface area contributed by atoms with Crippen LogP contribution in [0.2, 0.25) is 56.5 Å². The molecule has 2 fully saturated rings. The van der Waals surface area contributed by atoms with Crippen molar-refractivity contribution in [2.24, 2.45) is 11.8 Å². The van der Waals surface area contributed by atoms with E-state index >= 15 is 0 Å². The first-order valence-corrected chi connectivity index (χ1v) is 32.8. The smallest absolute Gasteiger partial charge is 1.00 e. The Bertz CT molecular complexity index is 3200. The van der Waals surface area contributed by atoms with Gasteiger partial charge in [-0.05, 0) is 61.7 Å². The summed E-state index contributed by atoms with van der Waals surface area (Å²) >= 11 is 5.39. The number of hydrogen-bond acceptors (Lipinski definition) is 16. The summed E-state index contributed by atoms with van der Waals surface area (Å²) in [5.41, 5.74) is 5.79. The molecule has 1 N–H and O–H groups in total. The summed E-state index contributed by atoms with van der Waals surface area (Å²) in [6.45, 7) is 21.1. The number of nitrogens with zero attached hydrogens (tertiary/aromatic N) is 16. The quantitative estimate of drug-likeness (QED) is 0.0839. The third-order valence-corrected chi connectivity index (χ3v) is 17.2. The van der Waals surface area contributed by atoms with Gasteiger partial charge in [-0.3, -0.25) is 8.80 Å². The molecular weight excluding hydrogens is 1000 g/mol. The van der Waals surface area contributed by atoms with Gasteiger partial charge in [-0.15, -0.1) is 20.4 Å². The Morgan fingerprint density at radius 2 is 1.15 bits per heavy atom. The molecule has 8 aromatic heterocycles. The van der Waals surface area contributed by atoms with Crippen molar-refractivity contribution in [2.45, 2.75) is 141 Å². The third-order valence-electron chi connectivity index (χ3n) is 13.6. The van der Waals surface area contributed by atoms with Crippen LogP contribution in [0.15, 0.2) is 61.7 Å².